The number of hydrogen-bond acceptors (Lipinski definition) is 8. The van der Waals surface area contributed by atoms with Crippen molar-refractivity contribution in [1.29, 1.82) is 0 Å². The van der Waals surface area contributed by atoms with Gasteiger partial charge >= 0.3 is 0 Å². The van der Waals surface area contributed by atoms with Gasteiger partial charge in [0.25, 0.3) is 0 Å². The standard InChI is InChI=1S/C18H15P.2C14H14P.2Au.2ClHO4.H2O/c1-4-10-16(11-5-1)19(17-12-6-2-7-13-17)18-14-8-3-9-15-18;2*1-15(2,13-9-5-3-6-10-13)14-11-7-4-8-12-14;;;2*2-1(3,4)5;/h1-15H;2*3-12H,1-2H2;;;2*(H,2,3,4,5);1H2/q;2*-1;;;;;/p-2. The second-order valence-electron chi connectivity index (χ2n) is 12.4. The average molecular weight is 1300 g/mol. The number of rotatable bonds is 7. The van der Waals surface area contributed by atoms with Crippen LogP contribution in [-0.4, -0.2) is 5.48 Å². The Balaban J connectivity index is 0.000000799. The van der Waals surface area contributed by atoms with Gasteiger partial charge in [-0.15, -0.1) is 20.5 Å². The smallest absolute Gasteiger partial charge is 0.0408 e. The van der Waals surface area contributed by atoms with E-state index in [0.29, 0.717) is 0 Å². The summed E-state index contributed by atoms with van der Waals surface area (Å²) in [6.45, 7) is 17.2. The first-order valence-electron chi connectivity index (χ1n) is 17.4. The molecule has 0 saturated carbocycles. The van der Waals surface area contributed by atoms with Gasteiger partial charge in [-0.05, 0) is 72.4 Å². The summed E-state index contributed by atoms with van der Waals surface area (Å²) >= 11 is 0. The summed E-state index contributed by atoms with van der Waals surface area (Å²) in [5.74, 6) is 0. The quantitative estimate of drug-likeness (QED) is 0.116. The normalized spacial score (nSPS) is 10.7. The van der Waals surface area contributed by atoms with E-state index < -0.39 is 42.9 Å². The van der Waals surface area contributed by atoms with Crippen molar-refractivity contribution in [2.75, 3.05) is 0 Å². The van der Waals surface area contributed by atoms with Crippen LogP contribution in [0.3, 0.4) is 0 Å². The molecule has 7 rings (SSSR count). The van der Waals surface area contributed by atoms with Gasteiger partial charge in [-0.2, -0.15) is 41.2 Å². The summed E-state index contributed by atoms with van der Waals surface area (Å²) < 4.78 is 67.9. The predicted molar refractivity (Wildman–Crippen MR) is 228 cm³/mol. The molecule has 2 radical (unpaired) electrons. The van der Waals surface area contributed by atoms with Crippen molar-refractivity contribution in [3.63, 3.8) is 0 Å². The number of hydrogen-bond donors (Lipinski definition) is 0. The van der Waals surface area contributed by atoms with Crippen LogP contribution in [0.1, 0.15) is 0 Å². The van der Waals surface area contributed by atoms with E-state index in [9.17, 15) is 0 Å². The Bertz CT molecular complexity index is 1870. The number of halogens is 2. The van der Waals surface area contributed by atoms with Gasteiger partial charge in [0.2, 0.25) is 0 Å². The van der Waals surface area contributed by atoms with Crippen LogP contribution in [0.25, 0.3) is 0 Å². The summed E-state index contributed by atoms with van der Waals surface area (Å²) in [6, 6.07) is 73.7. The van der Waals surface area contributed by atoms with Crippen LogP contribution >= 0.6 is 22.4 Å². The van der Waals surface area contributed by atoms with Crippen molar-refractivity contribution < 1.29 is 108 Å². The molecule has 0 aliphatic heterocycles. The Morgan fingerprint density at radius 1 is 0.290 bits per heavy atom. The fraction of sp³-hybridized carbons (Fsp3) is 0. The first kappa shape index (κ1) is 59.5. The average Bonchev–Trinajstić information content (AvgIpc) is 3.23. The molecule has 0 bridgehead atoms. The van der Waals surface area contributed by atoms with E-state index in [0.717, 1.165) is 0 Å². The molecule has 0 atom stereocenters. The molecule has 2 N–H and O–H groups in total. The maximum absolute atomic E-state index is 8.49. The maximum Gasteiger partial charge on any atom is 0.0408 e. The molecule has 338 valence electrons. The van der Waals surface area contributed by atoms with E-state index in [2.05, 4.69) is 166 Å². The Kier molecular flexibility index (Phi) is 28.7. The van der Waals surface area contributed by atoms with Gasteiger partial charge in [0, 0.05) is 66.0 Å². The van der Waals surface area contributed by atoms with Crippen LogP contribution in [0.2, 0.25) is 0 Å². The van der Waals surface area contributed by atoms with Gasteiger partial charge in [0.05, 0.1) is 0 Å². The van der Waals surface area contributed by atoms with Crippen molar-refractivity contribution >= 4 is 59.6 Å². The molecule has 0 amide bonds. The molecule has 0 fully saturated rings. The molecule has 0 aromatic heterocycles. The molecule has 0 saturated heterocycles. The predicted octanol–water partition coefficient (Wildman–Crippen LogP) is -0.421. The fourth-order valence-corrected chi connectivity index (χ4v) is 11.2. The van der Waals surface area contributed by atoms with E-state index in [4.69, 9.17) is 37.3 Å². The first-order chi connectivity index (χ1) is 27.9. The van der Waals surface area contributed by atoms with Gasteiger partial charge in [-0.3, -0.25) is 0 Å². The maximum atomic E-state index is 8.49. The van der Waals surface area contributed by atoms with Crippen LogP contribution in [0.5, 0.6) is 0 Å². The molecule has 0 unspecified atom stereocenters. The first-order valence-corrected chi connectivity index (χ1v) is 25.6. The molecular weight excluding hydrogens is 1250 g/mol. The molecule has 0 spiro atoms. The molecule has 9 nitrogen and oxygen atoms in total. The molecular formula is C46H45Au2Cl2O9P3-4. The van der Waals surface area contributed by atoms with Crippen molar-refractivity contribution in [1.82, 2.24) is 0 Å². The van der Waals surface area contributed by atoms with Crippen LogP contribution in [0, 0.1) is 47.1 Å². The second-order valence-corrected chi connectivity index (χ2v) is 22.0. The zero-order chi connectivity index (χ0) is 43.4. The summed E-state index contributed by atoms with van der Waals surface area (Å²) in [5.41, 5.74) is 0. The van der Waals surface area contributed by atoms with Crippen LogP contribution in [-0.2, 0) is 44.8 Å². The summed E-state index contributed by atoms with van der Waals surface area (Å²) in [4.78, 5) is 0. The van der Waals surface area contributed by atoms with E-state index in [1.165, 1.54) is 37.1 Å². The van der Waals surface area contributed by atoms with Gasteiger partial charge in [0.15, 0.2) is 0 Å². The largest absolute Gasteiger partial charge is 0.412 e. The van der Waals surface area contributed by atoms with Crippen LogP contribution in [0.15, 0.2) is 212 Å². The van der Waals surface area contributed by atoms with Crippen LogP contribution in [0.4, 0.5) is 0 Å². The van der Waals surface area contributed by atoms with Gasteiger partial charge in [0.1, 0.15) is 0 Å². The minimum Gasteiger partial charge on any atom is -0.412 e. The van der Waals surface area contributed by atoms with Crippen molar-refractivity contribution in [3.8, 4) is 0 Å². The van der Waals surface area contributed by atoms with Gasteiger partial charge in [-0.1, -0.05) is 164 Å². The Labute approximate surface area is 403 Å². The molecule has 7 aromatic carbocycles. The zero-order valence-corrected chi connectivity index (χ0v) is 41.5. The second kappa shape index (κ2) is 29.9. The van der Waals surface area contributed by atoms with E-state index in [-0.39, 0.29) is 50.2 Å². The summed E-state index contributed by atoms with van der Waals surface area (Å²) in [7, 11) is -13.6. The SMILES string of the molecule is O.[Au].[Au].[CH2-][P+]([CH2-])(c1ccccc1)c1ccccc1.[CH2-][P+]([CH2-])(c1ccccc1)c1ccccc1.[O-][Cl+3]([O-])([O-])[O-].[O-][Cl+3]([O-])([O-])[O-].c1ccc(P(c2ccccc2)c2ccccc2)cc1. The summed E-state index contributed by atoms with van der Waals surface area (Å²) in [6.07, 6.45) is 0. The Hall–Kier alpha value is -2.47. The zero-order valence-electron chi connectivity index (χ0n) is 33.0. The van der Waals surface area contributed by atoms with Crippen molar-refractivity contribution in [2.24, 2.45) is 0 Å². The molecule has 16 heteroatoms. The van der Waals surface area contributed by atoms with Crippen molar-refractivity contribution in [2.45, 2.75) is 0 Å². The summed E-state index contributed by atoms with van der Waals surface area (Å²) in [5, 5.41) is 9.18. The van der Waals surface area contributed by atoms with Crippen molar-refractivity contribution in [3.05, 3.63) is 239 Å². The molecule has 0 aliphatic carbocycles. The third kappa shape index (κ3) is 22.9. The fourth-order valence-electron chi connectivity index (χ4n) is 5.33. The van der Waals surface area contributed by atoms with Gasteiger partial charge < -0.3 is 5.48 Å². The number of benzene rings is 7. The third-order valence-corrected chi connectivity index (χ3v) is 15.6. The molecule has 62 heavy (non-hydrogen) atoms. The Morgan fingerprint density at radius 2 is 0.419 bits per heavy atom. The topological polar surface area (TPSA) is 216 Å². The minimum absolute atomic E-state index is 0. The van der Waals surface area contributed by atoms with Gasteiger partial charge in [-0.25, -0.2) is 37.3 Å². The van der Waals surface area contributed by atoms with Crippen LogP contribution < -0.4 is 74.4 Å². The third-order valence-electron chi connectivity index (χ3n) is 8.04. The van der Waals surface area contributed by atoms with E-state index in [1.54, 1.807) is 0 Å². The molecule has 0 heterocycles. The molecule has 7 aromatic rings. The molecule has 0 aliphatic rings. The Morgan fingerprint density at radius 3 is 0.565 bits per heavy atom. The minimum atomic E-state index is -4.94. The van der Waals surface area contributed by atoms with E-state index in [1.807, 2.05) is 72.8 Å². The monoisotopic (exact) mass is 1300 g/mol. The van der Waals surface area contributed by atoms with E-state index >= 15 is 0 Å².